The summed E-state index contributed by atoms with van der Waals surface area (Å²) in [5.41, 5.74) is 0. The fourth-order valence-corrected chi connectivity index (χ4v) is 2.55. The van der Waals surface area contributed by atoms with Crippen molar-refractivity contribution >= 4 is 11.8 Å². The second-order valence-corrected chi connectivity index (χ2v) is 4.75. The van der Waals surface area contributed by atoms with Crippen molar-refractivity contribution in [3.8, 4) is 0 Å². The molecule has 1 aromatic heterocycles. The monoisotopic (exact) mass is 228 g/mol. The average Bonchev–Trinajstić information content (AvgIpc) is 2.66. The molecular formula is C10H16N2O2S. The Bertz CT molecular complexity index is 297. The van der Waals surface area contributed by atoms with Crippen LogP contribution in [0.5, 0.6) is 0 Å². The highest BCUT2D eigenvalue weighted by Crippen LogP contribution is 2.19. The van der Waals surface area contributed by atoms with E-state index in [1.165, 1.54) is 19.3 Å². The Hall–Kier alpha value is -0.550. The molecule has 4 nitrogen and oxygen atoms in total. The quantitative estimate of drug-likeness (QED) is 0.790. The van der Waals surface area contributed by atoms with Crippen LogP contribution in [-0.4, -0.2) is 28.7 Å². The molecule has 1 saturated heterocycles. The molecule has 0 aromatic carbocycles. The van der Waals surface area contributed by atoms with Gasteiger partial charge in [-0.25, -0.2) is 0 Å². The number of ether oxygens (including phenoxy) is 1. The first-order valence-corrected chi connectivity index (χ1v) is 6.48. The summed E-state index contributed by atoms with van der Waals surface area (Å²) >= 11 is 1.80. The average molecular weight is 228 g/mol. The number of aryl methyl sites for hydroxylation is 1. The molecule has 2 heterocycles. The number of hydrogen-bond acceptors (Lipinski definition) is 5. The van der Waals surface area contributed by atoms with Crippen LogP contribution in [-0.2, 0) is 10.5 Å². The van der Waals surface area contributed by atoms with E-state index in [0.717, 1.165) is 18.1 Å². The number of rotatable bonds is 4. The van der Waals surface area contributed by atoms with Gasteiger partial charge in [-0.3, -0.25) is 0 Å². The maximum Gasteiger partial charge on any atom is 0.226 e. The van der Waals surface area contributed by atoms with Crippen LogP contribution in [0.15, 0.2) is 4.42 Å². The summed E-state index contributed by atoms with van der Waals surface area (Å²) in [5, 5.41) is 7.74. The van der Waals surface area contributed by atoms with Gasteiger partial charge in [0.05, 0.1) is 11.9 Å². The van der Waals surface area contributed by atoms with Crippen molar-refractivity contribution in [3.05, 3.63) is 11.8 Å². The van der Waals surface area contributed by atoms with Gasteiger partial charge < -0.3 is 9.15 Å². The molecule has 0 N–H and O–H groups in total. The predicted octanol–water partition coefficient (Wildman–Crippen LogP) is 2.18. The Balaban J connectivity index is 1.65. The third kappa shape index (κ3) is 3.50. The van der Waals surface area contributed by atoms with Crippen molar-refractivity contribution in [1.29, 1.82) is 0 Å². The van der Waals surface area contributed by atoms with Gasteiger partial charge in [-0.05, 0) is 19.3 Å². The van der Waals surface area contributed by atoms with Gasteiger partial charge >= 0.3 is 0 Å². The molecule has 0 spiro atoms. The summed E-state index contributed by atoms with van der Waals surface area (Å²) in [5.74, 6) is 3.18. The predicted molar refractivity (Wildman–Crippen MR) is 58.8 cm³/mol. The van der Waals surface area contributed by atoms with Gasteiger partial charge in [0.25, 0.3) is 0 Å². The molecule has 0 amide bonds. The third-order valence-corrected chi connectivity index (χ3v) is 3.43. The normalized spacial score (nSPS) is 21.8. The molecule has 1 aromatic rings. The number of aromatic nitrogens is 2. The second kappa shape index (κ2) is 5.51. The highest BCUT2D eigenvalue weighted by molar-refractivity contribution is 7.98. The summed E-state index contributed by atoms with van der Waals surface area (Å²) in [6, 6.07) is 0. The molecule has 0 aliphatic carbocycles. The zero-order chi connectivity index (χ0) is 10.5. The molecule has 1 atom stereocenters. The van der Waals surface area contributed by atoms with Crippen LogP contribution in [0.4, 0.5) is 0 Å². The van der Waals surface area contributed by atoms with Crippen molar-refractivity contribution < 1.29 is 9.15 Å². The lowest BCUT2D eigenvalue weighted by Crippen LogP contribution is -2.21. The molecule has 0 bridgehead atoms. The Labute approximate surface area is 93.8 Å². The largest absolute Gasteiger partial charge is 0.425 e. The van der Waals surface area contributed by atoms with Gasteiger partial charge in [-0.1, -0.05) is 0 Å². The lowest BCUT2D eigenvalue weighted by molar-refractivity contribution is 0.0315. The number of hydrogen-bond donors (Lipinski definition) is 0. The minimum absolute atomic E-state index is 0.424. The molecule has 84 valence electrons. The minimum Gasteiger partial charge on any atom is -0.425 e. The summed E-state index contributed by atoms with van der Waals surface area (Å²) in [4.78, 5) is 0. The van der Waals surface area contributed by atoms with Crippen LogP contribution in [0.25, 0.3) is 0 Å². The first kappa shape index (κ1) is 11.0. The number of nitrogens with zero attached hydrogens (tertiary/aromatic N) is 2. The zero-order valence-corrected chi connectivity index (χ0v) is 9.76. The second-order valence-electron chi connectivity index (χ2n) is 3.72. The van der Waals surface area contributed by atoms with Crippen molar-refractivity contribution in [1.82, 2.24) is 10.2 Å². The van der Waals surface area contributed by atoms with E-state index in [4.69, 9.17) is 9.15 Å². The maximum absolute atomic E-state index is 5.63. The van der Waals surface area contributed by atoms with Crippen LogP contribution in [0, 0.1) is 6.92 Å². The van der Waals surface area contributed by atoms with Crippen LogP contribution >= 0.6 is 11.8 Å². The van der Waals surface area contributed by atoms with Gasteiger partial charge in [0.2, 0.25) is 11.8 Å². The Kier molecular flexibility index (Phi) is 4.02. The Morgan fingerprint density at radius 1 is 1.40 bits per heavy atom. The van der Waals surface area contributed by atoms with Crippen molar-refractivity contribution in [3.63, 3.8) is 0 Å². The SMILES string of the molecule is Cc1nnc(CSC[C@H]2CCCCO2)o1. The fourth-order valence-electron chi connectivity index (χ4n) is 1.61. The van der Waals surface area contributed by atoms with Gasteiger partial charge in [0.1, 0.15) is 0 Å². The minimum atomic E-state index is 0.424. The van der Waals surface area contributed by atoms with Gasteiger partial charge in [0.15, 0.2) is 0 Å². The van der Waals surface area contributed by atoms with Crippen molar-refractivity contribution in [2.75, 3.05) is 12.4 Å². The number of thioether (sulfide) groups is 1. The van der Waals surface area contributed by atoms with Crippen LogP contribution < -0.4 is 0 Å². The van der Waals surface area contributed by atoms with E-state index in [2.05, 4.69) is 10.2 Å². The molecule has 2 rings (SSSR count). The lowest BCUT2D eigenvalue weighted by Gasteiger charge is -2.21. The lowest BCUT2D eigenvalue weighted by atomic mass is 10.1. The molecule has 1 fully saturated rings. The molecule has 0 saturated carbocycles. The first-order valence-electron chi connectivity index (χ1n) is 5.33. The summed E-state index contributed by atoms with van der Waals surface area (Å²) in [6.45, 7) is 2.73. The van der Waals surface area contributed by atoms with Gasteiger partial charge in [-0.15, -0.1) is 22.0 Å². The molecule has 0 radical (unpaired) electrons. The molecule has 0 unspecified atom stereocenters. The van der Waals surface area contributed by atoms with E-state index >= 15 is 0 Å². The smallest absolute Gasteiger partial charge is 0.226 e. The Morgan fingerprint density at radius 3 is 3.00 bits per heavy atom. The molecular weight excluding hydrogens is 212 g/mol. The van der Waals surface area contributed by atoms with Crippen LogP contribution in [0.2, 0.25) is 0 Å². The standard InChI is InChI=1S/C10H16N2O2S/c1-8-11-12-10(14-8)7-15-6-9-4-2-3-5-13-9/h9H,2-7H2,1H3/t9-/m1/s1. The van der Waals surface area contributed by atoms with E-state index in [-0.39, 0.29) is 0 Å². The summed E-state index contributed by atoms with van der Waals surface area (Å²) < 4.78 is 10.9. The highest BCUT2D eigenvalue weighted by Gasteiger charge is 2.14. The van der Waals surface area contributed by atoms with Crippen molar-refractivity contribution in [2.45, 2.75) is 38.0 Å². The molecule has 5 heteroatoms. The maximum atomic E-state index is 5.63. The first-order chi connectivity index (χ1) is 7.34. The van der Waals surface area contributed by atoms with Crippen LogP contribution in [0.3, 0.4) is 0 Å². The van der Waals surface area contributed by atoms with Gasteiger partial charge in [-0.2, -0.15) is 0 Å². The summed E-state index contributed by atoms with van der Waals surface area (Å²) in [7, 11) is 0. The zero-order valence-electron chi connectivity index (χ0n) is 8.94. The third-order valence-electron chi connectivity index (χ3n) is 2.37. The Morgan fingerprint density at radius 2 is 2.33 bits per heavy atom. The van der Waals surface area contributed by atoms with E-state index < -0.39 is 0 Å². The van der Waals surface area contributed by atoms with E-state index in [1.807, 2.05) is 6.92 Å². The molecule has 15 heavy (non-hydrogen) atoms. The van der Waals surface area contributed by atoms with Gasteiger partial charge in [0, 0.05) is 19.3 Å². The topological polar surface area (TPSA) is 48.2 Å². The molecule has 1 aliphatic heterocycles. The van der Waals surface area contributed by atoms with E-state index in [1.54, 1.807) is 11.8 Å². The summed E-state index contributed by atoms with van der Waals surface area (Å²) in [6.07, 6.45) is 4.12. The fraction of sp³-hybridized carbons (Fsp3) is 0.800. The molecule has 1 aliphatic rings. The van der Waals surface area contributed by atoms with Crippen LogP contribution in [0.1, 0.15) is 31.0 Å². The highest BCUT2D eigenvalue weighted by atomic mass is 32.2. The van der Waals surface area contributed by atoms with E-state index in [9.17, 15) is 0 Å². The van der Waals surface area contributed by atoms with E-state index in [0.29, 0.717) is 17.9 Å². The van der Waals surface area contributed by atoms with Crippen molar-refractivity contribution in [2.24, 2.45) is 0 Å².